The molecule has 15 heteroatoms. The molecule has 0 saturated carbocycles. The van der Waals surface area contributed by atoms with E-state index in [4.69, 9.17) is 16.3 Å². The maximum atomic E-state index is 14.8. The van der Waals surface area contributed by atoms with Crippen LogP contribution in [0.25, 0.3) is 0 Å². The van der Waals surface area contributed by atoms with Crippen molar-refractivity contribution in [1.29, 1.82) is 0 Å². The Bertz CT molecular complexity index is 1990. The maximum absolute atomic E-state index is 14.8. The number of halogens is 2. The van der Waals surface area contributed by atoms with Crippen molar-refractivity contribution in [1.82, 2.24) is 25.2 Å². The number of ether oxygens (including phenoxy) is 1. The number of nitrogens with zero attached hydrogens (tertiary/aromatic N) is 5. The lowest BCUT2D eigenvalue weighted by Crippen LogP contribution is -2.43. The van der Waals surface area contributed by atoms with Crippen LogP contribution in [0.15, 0.2) is 60.9 Å². The Hall–Kier alpha value is -4.58. The number of hydrogen-bond donors (Lipinski definition) is 3. The highest BCUT2D eigenvalue weighted by Crippen LogP contribution is 2.39. The summed E-state index contributed by atoms with van der Waals surface area (Å²) in [6, 6.07) is 15.2. The van der Waals surface area contributed by atoms with Crippen molar-refractivity contribution in [2.24, 2.45) is 0 Å². The van der Waals surface area contributed by atoms with Gasteiger partial charge in [-0.1, -0.05) is 23.7 Å². The van der Waals surface area contributed by atoms with Gasteiger partial charge in [-0.25, -0.2) is 9.37 Å². The van der Waals surface area contributed by atoms with Crippen molar-refractivity contribution in [3.63, 3.8) is 0 Å². The van der Waals surface area contributed by atoms with E-state index in [2.05, 4.69) is 40.7 Å². The van der Waals surface area contributed by atoms with Crippen LogP contribution in [0.4, 0.5) is 33.2 Å². The van der Waals surface area contributed by atoms with E-state index >= 15 is 0 Å². The van der Waals surface area contributed by atoms with E-state index in [1.165, 1.54) is 12.4 Å². The van der Waals surface area contributed by atoms with Crippen molar-refractivity contribution in [2.75, 3.05) is 56.1 Å². The first-order chi connectivity index (χ1) is 24.4. The summed E-state index contributed by atoms with van der Waals surface area (Å²) in [4.78, 5) is 41.5. The largest absolute Gasteiger partial charge is 0.494 e. The van der Waals surface area contributed by atoms with Crippen LogP contribution in [0.2, 0.25) is 5.02 Å². The molecule has 2 fully saturated rings. The van der Waals surface area contributed by atoms with Crippen LogP contribution in [0, 0.1) is 5.82 Å². The van der Waals surface area contributed by atoms with Crippen molar-refractivity contribution < 1.29 is 23.3 Å². The van der Waals surface area contributed by atoms with Gasteiger partial charge in [-0.3, -0.25) is 24.8 Å². The summed E-state index contributed by atoms with van der Waals surface area (Å²) in [6.45, 7) is 5.40. The number of imide groups is 1. The zero-order valence-corrected chi connectivity index (χ0v) is 30.6. The topological polar surface area (TPSA) is 142 Å². The number of piperidine rings is 2. The summed E-state index contributed by atoms with van der Waals surface area (Å²) in [5, 5.41) is 9.82. The second-order valence-electron chi connectivity index (χ2n) is 13.2. The number of carbonyl (C=O) groups is 2. The zero-order chi connectivity index (χ0) is 36.3. The number of hydrogen-bond acceptors (Lipinski definition) is 11. The van der Waals surface area contributed by atoms with E-state index < -0.39 is 18.9 Å². The van der Waals surface area contributed by atoms with E-state index in [9.17, 15) is 18.5 Å². The van der Waals surface area contributed by atoms with Crippen LogP contribution in [-0.4, -0.2) is 78.3 Å². The molecule has 4 aromatic rings. The molecule has 6 rings (SSSR count). The lowest BCUT2D eigenvalue weighted by atomic mass is 9.93. The molecule has 0 bridgehead atoms. The zero-order valence-electron chi connectivity index (χ0n) is 29.0. The predicted molar refractivity (Wildman–Crippen MR) is 198 cm³/mol. The second kappa shape index (κ2) is 15.3. The molecular weight excluding hydrogens is 694 g/mol. The first-order valence-electron chi connectivity index (χ1n) is 16.7. The molecule has 2 saturated heterocycles. The van der Waals surface area contributed by atoms with Crippen molar-refractivity contribution in [3.8, 4) is 5.75 Å². The highest BCUT2D eigenvalue weighted by molar-refractivity contribution is 7.70. The Morgan fingerprint density at radius 2 is 1.80 bits per heavy atom. The number of carbonyl (C=O) groups excluding carboxylic acids is 2. The van der Waals surface area contributed by atoms with Crippen LogP contribution in [0.5, 0.6) is 5.75 Å². The molecule has 2 aromatic carbocycles. The average molecular weight is 735 g/mol. The predicted octanol–water partition coefficient (Wildman–Crippen LogP) is 6.03. The number of aromatic nitrogens is 3. The minimum Gasteiger partial charge on any atom is -0.494 e. The first kappa shape index (κ1) is 36.2. The lowest BCUT2D eigenvalue weighted by molar-refractivity contribution is -0.134. The highest BCUT2D eigenvalue weighted by atomic mass is 35.5. The van der Waals surface area contributed by atoms with Gasteiger partial charge in [0.1, 0.15) is 23.7 Å². The smallest absolute Gasteiger partial charge is 0.235 e. The van der Waals surface area contributed by atoms with Gasteiger partial charge in [0.25, 0.3) is 0 Å². The molecule has 268 valence electrons. The fourth-order valence-corrected chi connectivity index (χ4v) is 7.83. The average Bonchev–Trinajstić information content (AvgIpc) is 3.11. The van der Waals surface area contributed by atoms with Crippen LogP contribution in [0.1, 0.15) is 42.9 Å². The summed E-state index contributed by atoms with van der Waals surface area (Å²) in [6.07, 6.45) is 5.02. The van der Waals surface area contributed by atoms with Crippen molar-refractivity contribution >= 4 is 64.7 Å². The molecule has 0 aliphatic carbocycles. The van der Waals surface area contributed by atoms with Gasteiger partial charge in [-0.15, -0.1) is 0 Å². The van der Waals surface area contributed by atoms with Crippen LogP contribution < -0.4 is 30.9 Å². The Morgan fingerprint density at radius 3 is 2.53 bits per heavy atom. The number of anilines is 5. The maximum Gasteiger partial charge on any atom is 0.235 e. The first-order valence-corrected chi connectivity index (χ1v) is 19.7. The molecule has 1 unspecified atom stereocenters. The van der Waals surface area contributed by atoms with E-state index in [1.807, 2.05) is 49.5 Å². The fourth-order valence-electron chi connectivity index (χ4n) is 6.54. The fraction of sp³-hybridized carbons (Fsp3) is 0.361. The third kappa shape index (κ3) is 8.49. The quantitative estimate of drug-likeness (QED) is 0.123. The normalized spacial score (nSPS) is 17.0. The summed E-state index contributed by atoms with van der Waals surface area (Å²) >= 11 is 6.44. The number of nitrogens with one attached hydrogen (secondary N) is 3. The molecule has 2 aliphatic rings. The Kier molecular flexibility index (Phi) is 10.9. The molecule has 3 N–H and O–H groups in total. The summed E-state index contributed by atoms with van der Waals surface area (Å²) in [5.41, 5.74) is 3.31. The minimum atomic E-state index is -2.56. The molecule has 1 atom stereocenters. The van der Waals surface area contributed by atoms with Gasteiger partial charge in [0.05, 0.1) is 42.5 Å². The summed E-state index contributed by atoms with van der Waals surface area (Å²) in [5.74, 6) is -0.362. The molecule has 51 heavy (non-hydrogen) atoms. The molecule has 2 aromatic heterocycles. The molecule has 4 heterocycles. The SMILES string of the molecule is COc1cc(N2CCC(N(C)Cc3cc(C4CCC(=O)NC4=O)ncc3F)CC2)ccc1Nc1ncc(Cl)c(Nc2ccccc2P(C)(C)=O)n1. The second-order valence-corrected chi connectivity index (χ2v) is 16.8. The van der Waals surface area contributed by atoms with Crippen LogP contribution in [-0.2, 0) is 20.7 Å². The highest BCUT2D eigenvalue weighted by Gasteiger charge is 2.30. The molecule has 2 aliphatic heterocycles. The van der Waals surface area contributed by atoms with Gasteiger partial charge >= 0.3 is 0 Å². The number of para-hydroxylation sites is 1. The third-order valence-corrected chi connectivity index (χ3v) is 11.2. The molecular formula is C36H41ClFN8O4P. The number of amides is 2. The van der Waals surface area contributed by atoms with Gasteiger partial charge in [0.15, 0.2) is 5.82 Å². The number of pyridine rings is 1. The molecule has 2 amide bonds. The van der Waals surface area contributed by atoms with Gasteiger partial charge in [0.2, 0.25) is 17.8 Å². The van der Waals surface area contributed by atoms with Gasteiger partial charge in [-0.05, 0) is 70.0 Å². The van der Waals surface area contributed by atoms with Crippen LogP contribution in [0.3, 0.4) is 0 Å². The van der Waals surface area contributed by atoms with E-state index in [-0.39, 0.29) is 24.3 Å². The number of methoxy groups -OCH3 is 1. The summed E-state index contributed by atoms with van der Waals surface area (Å²) < 4.78 is 33.4. The van der Waals surface area contributed by atoms with Gasteiger partial charge < -0.3 is 24.8 Å². The Balaban J connectivity index is 1.08. The standard InChI is InChI=1S/C36H41ClFN8O4P/c1-45(21-22-17-30(39-20-27(22)38)25-10-12-33(47)43-35(25)48)23-13-15-46(16-14-23)24-9-11-28(31(18-24)50-2)42-36-40-19-26(37)34(44-36)41-29-7-5-6-8-32(29)51(3,4)49/h5-9,11,17-20,23,25H,10,12-16,21H2,1-4H3,(H,43,47,48)(H2,40,41,42,44). The molecule has 0 spiro atoms. The Morgan fingerprint density at radius 1 is 1.04 bits per heavy atom. The van der Waals surface area contributed by atoms with E-state index in [0.29, 0.717) is 63.4 Å². The minimum absolute atomic E-state index is 0.231. The lowest BCUT2D eigenvalue weighted by Gasteiger charge is -2.38. The Labute approximate surface area is 301 Å². The summed E-state index contributed by atoms with van der Waals surface area (Å²) in [7, 11) is 1.03. The van der Waals surface area contributed by atoms with Gasteiger partial charge in [-0.2, -0.15) is 4.98 Å². The molecule has 0 radical (unpaired) electrons. The van der Waals surface area contributed by atoms with E-state index in [0.717, 1.165) is 31.6 Å². The van der Waals surface area contributed by atoms with E-state index in [1.54, 1.807) is 26.5 Å². The third-order valence-electron chi connectivity index (χ3n) is 9.34. The van der Waals surface area contributed by atoms with Crippen LogP contribution >= 0.6 is 18.7 Å². The van der Waals surface area contributed by atoms with Crippen molar-refractivity contribution in [3.05, 3.63) is 83.0 Å². The van der Waals surface area contributed by atoms with Gasteiger partial charge in [0, 0.05) is 54.7 Å². The number of rotatable bonds is 11. The molecule has 12 nitrogen and oxygen atoms in total. The monoisotopic (exact) mass is 734 g/mol. The van der Waals surface area contributed by atoms with Crippen molar-refractivity contribution in [2.45, 2.75) is 44.2 Å². The number of benzene rings is 2.